The first-order valence-corrected chi connectivity index (χ1v) is 25.5. The lowest BCUT2D eigenvalue weighted by Gasteiger charge is -2.39. The molecule has 0 spiro atoms. The topological polar surface area (TPSA) is 0 Å². The average Bonchev–Trinajstić information content (AvgIpc) is 3.16. The molecule has 1 aliphatic rings. The van der Waals surface area contributed by atoms with E-state index in [0.29, 0.717) is 11.8 Å². The molecule has 2 unspecified atom stereocenters. The van der Waals surface area contributed by atoms with Gasteiger partial charge >= 0.3 is 0 Å². The van der Waals surface area contributed by atoms with Crippen molar-refractivity contribution in [3.63, 3.8) is 0 Å². The quantitative estimate of drug-likeness (QED) is 0.150. The highest BCUT2D eigenvalue weighted by Crippen LogP contribution is 2.58. The Labute approximate surface area is 284 Å². The summed E-state index contributed by atoms with van der Waals surface area (Å²) in [4.78, 5) is 0. The molecule has 234 valence electrons. The third kappa shape index (κ3) is 9.48. The summed E-state index contributed by atoms with van der Waals surface area (Å²) in [5, 5.41) is 0. The van der Waals surface area contributed by atoms with Crippen LogP contribution in [0.4, 0.5) is 0 Å². The zero-order valence-electron chi connectivity index (χ0n) is 28.8. The molecule has 0 radical (unpaired) electrons. The first kappa shape index (κ1) is 36.4. The van der Waals surface area contributed by atoms with Crippen LogP contribution in [0.15, 0.2) is 33.2 Å². The normalized spacial score (nSPS) is 15.1. The van der Waals surface area contributed by atoms with Crippen LogP contribution in [0.25, 0.3) is 11.1 Å². The summed E-state index contributed by atoms with van der Waals surface area (Å²) in [5.41, 5.74) is 15.4. The lowest BCUT2D eigenvalue weighted by Crippen LogP contribution is -2.32. The van der Waals surface area contributed by atoms with Crippen LogP contribution < -0.4 is 0 Å². The molecule has 2 aromatic carbocycles. The molecule has 0 amide bonds. The van der Waals surface area contributed by atoms with Gasteiger partial charge in [-0.25, -0.2) is 0 Å². The first-order valence-electron chi connectivity index (χ1n) is 16.9. The number of fused-ring (bicyclic) bond motifs is 3. The van der Waals surface area contributed by atoms with E-state index in [0.717, 1.165) is 20.1 Å². The molecule has 0 fully saturated rings. The Balaban J connectivity index is 2.41. The van der Waals surface area contributed by atoms with Gasteiger partial charge in [-0.2, -0.15) is 0 Å². The molecule has 0 saturated carbocycles. The van der Waals surface area contributed by atoms with Gasteiger partial charge in [-0.15, -0.1) is 11.1 Å². The SMILES string of the molecule is CCCCC(CC)CC1(CC(CC)CCCC)c2cc(C#C[Si](C)(C)C)c(Br)cc2-c2cc(Br)c(C#C[Si](C)(C)C)cc21. The second-order valence-corrected chi connectivity index (χ2v) is 26.3. The van der Waals surface area contributed by atoms with Gasteiger partial charge in [0.1, 0.15) is 16.1 Å². The fourth-order valence-electron chi connectivity index (χ4n) is 6.63. The zero-order valence-corrected chi connectivity index (χ0v) is 34.0. The van der Waals surface area contributed by atoms with Crippen molar-refractivity contribution < 1.29 is 0 Å². The van der Waals surface area contributed by atoms with Crippen molar-refractivity contribution in [1.29, 1.82) is 0 Å². The Bertz CT molecular complexity index is 1280. The predicted molar refractivity (Wildman–Crippen MR) is 204 cm³/mol. The van der Waals surface area contributed by atoms with Crippen LogP contribution in [0.5, 0.6) is 0 Å². The van der Waals surface area contributed by atoms with Gasteiger partial charge in [0, 0.05) is 25.5 Å². The Morgan fingerprint density at radius 3 is 1.30 bits per heavy atom. The molecule has 1 aliphatic carbocycles. The van der Waals surface area contributed by atoms with Crippen LogP contribution in [0.3, 0.4) is 0 Å². The maximum absolute atomic E-state index is 3.97. The molecule has 0 N–H and O–H groups in total. The molecule has 0 nitrogen and oxygen atoms in total. The smallest absolute Gasteiger partial charge is 0.127 e. The Morgan fingerprint density at radius 1 is 0.628 bits per heavy atom. The van der Waals surface area contributed by atoms with Crippen LogP contribution >= 0.6 is 31.9 Å². The number of hydrogen-bond acceptors (Lipinski definition) is 0. The van der Waals surface area contributed by atoms with Crippen molar-refractivity contribution >= 4 is 48.0 Å². The van der Waals surface area contributed by atoms with Gasteiger partial charge < -0.3 is 0 Å². The molecular formula is C39H56Br2Si2. The third-order valence-corrected chi connectivity index (χ3v) is 12.1. The van der Waals surface area contributed by atoms with Crippen molar-refractivity contribution in [2.45, 2.75) is 137 Å². The van der Waals surface area contributed by atoms with Crippen molar-refractivity contribution in [3.8, 4) is 34.1 Å². The highest BCUT2D eigenvalue weighted by molar-refractivity contribution is 9.10. The van der Waals surface area contributed by atoms with E-state index in [2.05, 4.69) is 146 Å². The molecule has 2 aromatic rings. The summed E-state index contributed by atoms with van der Waals surface area (Å²) in [7, 11) is -3.04. The van der Waals surface area contributed by atoms with Gasteiger partial charge in [-0.1, -0.05) is 130 Å². The van der Waals surface area contributed by atoms with Crippen LogP contribution in [0, 0.1) is 34.8 Å². The molecule has 3 rings (SSSR count). The van der Waals surface area contributed by atoms with Gasteiger partial charge in [-0.3, -0.25) is 0 Å². The number of rotatable bonds is 12. The van der Waals surface area contributed by atoms with E-state index in [4.69, 9.17) is 0 Å². The van der Waals surface area contributed by atoms with E-state index in [1.165, 1.54) is 86.5 Å². The minimum atomic E-state index is -1.52. The fourth-order valence-corrected chi connectivity index (χ4v) is 8.53. The van der Waals surface area contributed by atoms with Gasteiger partial charge in [-0.05, 0) is 103 Å². The molecule has 0 bridgehead atoms. The van der Waals surface area contributed by atoms with Crippen molar-refractivity contribution in [1.82, 2.24) is 0 Å². The van der Waals surface area contributed by atoms with Crippen molar-refractivity contribution in [3.05, 3.63) is 55.5 Å². The van der Waals surface area contributed by atoms with Crippen LogP contribution in [0.1, 0.15) is 114 Å². The van der Waals surface area contributed by atoms with Gasteiger partial charge in [0.25, 0.3) is 0 Å². The van der Waals surface area contributed by atoms with Gasteiger partial charge in [0.15, 0.2) is 0 Å². The Morgan fingerprint density at radius 2 is 1.00 bits per heavy atom. The van der Waals surface area contributed by atoms with Crippen molar-refractivity contribution in [2.75, 3.05) is 0 Å². The average molecular weight is 741 g/mol. The highest BCUT2D eigenvalue weighted by atomic mass is 79.9. The summed E-state index contributed by atoms with van der Waals surface area (Å²) >= 11 is 7.94. The molecule has 0 saturated heterocycles. The summed E-state index contributed by atoms with van der Waals surface area (Å²) < 4.78 is 2.24. The monoisotopic (exact) mass is 738 g/mol. The molecule has 0 aromatic heterocycles. The maximum atomic E-state index is 3.97. The summed E-state index contributed by atoms with van der Waals surface area (Å²) in [5.74, 6) is 8.69. The minimum absolute atomic E-state index is 0.0277. The molecular weight excluding hydrogens is 684 g/mol. The van der Waals surface area contributed by atoms with E-state index in [1.54, 1.807) is 0 Å². The molecule has 4 heteroatoms. The van der Waals surface area contributed by atoms with Crippen LogP contribution in [0.2, 0.25) is 39.3 Å². The number of halogens is 2. The minimum Gasteiger partial charge on any atom is -0.127 e. The Hall–Kier alpha value is -1.05. The lowest BCUT2D eigenvalue weighted by molar-refractivity contribution is 0.266. The molecule has 2 atom stereocenters. The summed E-state index contributed by atoms with van der Waals surface area (Å²) in [6.45, 7) is 23.5. The van der Waals surface area contributed by atoms with E-state index in [-0.39, 0.29) is 5.41 Å². The Kier molecular flexibility index (Phi) is 13.1. The van der Waals surface area contributed by atoms with E-state index < -0.39 is 16.1 Å². The number of benzene rings is 2. The molecule has 43 heavy (non-hydrogen) atoms. The maximum Gasteiger partial charge on any atom is 0.129 e. The van der Waals surface area contributed by atoms with Gasteiger partial charge in [0.2, 0.25) is 0 Å². The zero-order chi connectivity index (χ0) is 32.0. The van der Waals surface area contributed by atoms with Gasteiger partial charge in [0.05, 0.1) is 0 Å². The third-order valence-electron chi connectivity index (χ3n) is 9.04. The highest BCUT2D eigenvalue weighted by Gasteiger charge is 2.46. The van der Waals surface area contributed by atoms with Crippen molar-refractivity contribution in [2.24, 2.45) is 11.8 Å². The summed E-state index contributed by atoms with van der Waals surface area (Å²) in [6.07, 6.45) is 12.6. The fraction of sp³-hybridized carbons (Fsp3) is 0.590. The molecule has 0 heterocycles. The van der Waals surface area contributed by atoms with Crippen LogP contribution in [-0.4, -0.2) is 16.1 Å². The first-order chi connectivity index (χ1) is 20.2. The van der Waals surface area contributed by atoms with E-state index >= 15 is 0 Å². The van der Waals surface area contributed by atoms with Crippen LogP contribution in [-0.2, 0) is 5.41 Å². The molecule has 0 aliphatic heterocycles. The second-order valence-electron chi connectivity index (χ2n) is 15.1. The van der Waals surface area contributed by atoms with E-state index in [9.17, 15) is 0 Å². The lowest BCUT2D eigenvalue weighted by atomic mass is 9.65. The standard InChI is InChI=1S/C39H56Br2Si2/c1-11-15-17-29(13-3)27-39(28-30(14-4)18-16-12-2)35-23-31(19-21-42(5,6)7)37(40)25-33(35)34-26-38(41)32(24-36(34)39)20-22-43(8,9)10/h23-26,29-30H,11-18,27-28H2,1-10H3. The number of unbranched alkanes of at least 4 members (excludes halogenated alkanes) is 2. The predicted octanol–water partition coefficient (Wildman–Crippen LogP) is 13.1. The van der Waals surface area contributed by atoms with E-state index in [1.807, 2.05) is 0 Å². The second kappa shape index (κ2) is 15.5. The largest absolute Gasteiger partial charge is 0.129 e. The summed E-state index contributed by atoms with van der Waals surface area (Å²) in [6, 6.07) is 9.77. The number of hydrogen-bond donors (Lipinski definition) is 0.